The van der Waals surface area contributed by atoms with Crippen molar-refractivity contribution in [3.05, 3.63) is 59.9 Å². The van der Waals surface area contributed by atoms with Crippen molar-refractivity contribution in [2.75, 3.05) is 18.2 Å². The van der Waals surface area contributed by atoms with Gasteiger partial charge in [0.25, 0.3) is 0 Å². The van der Waals surface area contributed by atoms with Gasteiger partial charge < -0.3 is 10.4 Å². The average molecular weight is 371 g/mol. The van der Waals surface area contributed by atoms with Gasteiger partial charge in [-0.25, -0.2) is 18.4 Å². The second-order valence-electron chi connectivity index (χ2n) is 6.33. The molecule has 2 aromatic carbocycles. The molecule has 0 aliphatic rings. The first-order valence-electron chi connectivity index (χ1n) is 8.25. The molecule has 7 heteroatoms. The molecular weight excluding hydrogens is 350 g/mol. The molecule has 1 heterocycles. The highest BCUT2D eigenvalue weighted by molar-refractivity contribution is 7.90. The summed E-state index contributed by atoms with van der Waals surface area (Å²) in [4.78, 5) is 8.65. The molecular formula is C19H21N3O3S. The first-order chi connectivity index (χ1) is 12.4. The van der Waals surface area contributed by atoms with Crippen LogP contribution in [0, 0.1) is 6.92 Å². The summed E-state index contributed by atoms with van der Waals surface area (Å²) in [7, 11) is -3.33. The van der Waals surface area contributed by atoms with Crippen LogP contribution in [0.2, 0.25) is 0 Å². The Labute approximate surface area is 152 Å². The molecule has 0 fully saturated rings. The standard InChI is InChI=1S/C19H21N3O3S/c1-13-5-3-4-6-14(13)9-15(11-23)22-19-17-10-16(26(2,24)25)7-8-18(17)20-12-21-19/h3-8,10,12,15,23H,9,11H2,1-2H3,(H,20,21,22)/t15-/m0/s1. The van der Waals surface area contributed by atoms with Crippen LogP contribution in [-0.4, -0.2) is 42.4 Å². The second-order valence-corrected chi connectivity index (χ2v) is 8.34. The smallest absolute Gasteiger partial charge is 0.175 e. The zero-order valence-electron chi connectivity index (χ0n) is 14.7. The van der Waals surface area contributed by atoms with Crippen molar-refractivity contribution in [2.45, 2.75) is 24.3 Å². The molecule has 3 aromatic rings. The molecule has 0 amide bonds. The number of hydrogen-bond acceptors (Lipinski definition) is 6. The summed E-state index contributed by atoms with van der Waals surface area (Å²) in [5.74, 6) is 0.508. The SMILES string of the molecule is Cc1ccccc1C[C@@H](CO)Nc1ncnc2ccc(S(C)(=O)=O)cc12. The first kappa shape index (κ1) is 18.3. The number of aromatic nitrogens is 2. The van der Waals surface area contributed by atoms with E-state index in [0.29, 0.717) is 23.1 Å². The maximum atomic E-state index is 11.8. The fraction of sp³-hybridized carbons (Fsp3) is 0.263. The Balaban J connectivity index is 1.95. The lowest BCUT2D eigenvalue weighted by Gasteiger charge is -2.19. The van der Waals surface area contributed by atoms with Gasteiger partial charge in [-0.15, -0.1) is 0 Å². The number of fused-ring (bicyclic) bond motifs is 1. The molecule has 26 heavy (non-hydrogen) atoms. The molecule has 1 aromatic heterocycles. The van der Waals surface area contributed by atoms with Crippen molar-refractivity contribution in [3.63, 3.8) is 0 Å². The van der Waals surface area contributed by atoms with E-state index in [1.54, 1.807) is 12.1 Å². The topological polar surface area (TPSA) is 92.2 Å². The highest BCUT2D eigenvalue weighted by atomic mass is 32.2. The third-order valence-electron chi connectivity index (χ3n) is 4.32. The van der Waals surface area contributed by atoms with Crippen LogP contribution in [-0.2, 0) is 16.3 Å². The van der Waals surface area contributed by atoms with E-state index in [1.807, 2.05) is 31.2 Å². The minimum atomic E-state index is -3.33. The predicted molar refractivity (Wildman–Crippen MR) is 102 cm³/mol. The van der Waals surface area contributed by atoms with Crippen LogP contribution >= 0.6 is 0 Å². The average Bonchev–Trinajstić information content (AvgIpc) is 2.62. The van der Waals surface area contributed by atoms with Crippen molar-refractivity contribution in [2.24, 2.45) is 0 Å². The van der Waals surface area contributed by atoms with Gasteiger partial charge in [0.05, 0.1) is 23.1 Å². The van der Waals surface area contributed by atoms with Crippen LogP contribution in [0.15, 0.2) is 53.7 Å². The molecule has 0 unspecified atom stereocenters. The Kier molecular flexibility index (Phi) is 5.20. The Morgan fingerprint density at radius 2 is 1.92 bits per heavy atom. The third-order valence-corrected chi connectivity index (χ3v) is 5.43. The van der Waals surface area contributed by atoms with Gasteiger partial charge in [-0.1, -0.05) is 24.3 Å². The molecule has 0 saturated heterocycles. The van der Waals surface area contributed by atoms with Crippen LogP contribution in [0.3, 0.4) is 0 Å². The normalized spacial score (nSPS) is 12.9. The summed E-state index contributed by atoms with van der Waals surface area (Å²) < 4.78 is 23.7. The number of aliphatic hydroxyl groups is 1. The van der Waals surface area contributed by atoms with Gasteiger partial charge in [0.1, 0.15) is 12.1 Å². The van der Waals surface area contributed by atoms with Gasteiger partial charge >= 0.3 is 0 Å². The minimum Gasteiger partial charge on any atom is -0.394 e. The Morgan fingerprint density at radius 1 is 1.15 bits per heavy atom. The van der Waals surface area contributed by atoms with Crippen LogP contribution in [0.25, 0.3) is 10.9 Å². The maximum absolute atomic E-state index is 11.8. The van der Waals surface area contributed by atoms with Gasteiger partial charge in [-0.2, -0.15) is 0 Å². The van der Waals surface area contributed by atoms with Gasteiger partial charge in [-0.3, -0.25) is 0 Å². The largest absolute Gasteiger partial charge is 0.394 e. The number of benzene rings is 2. The fourth-order valence-electron chi connectivity index (χ4n) is 2.84. The van der Waals surface area contributed by atoms with Crippen molar-refractivity contribution < 1.29 is 13.5 Å². The summed E-state index contributed by atoms with van der Waals surface area (Å²) in [6.07, 6.45) is 3.22. The molecule has 0 aliphatic heterocycles. The number of aliphatic hydroxyl groups excluding tert-OH is 1. The first-order valence-corrected chi connectivity index (χ1v) is 10.1. The maximum Gasteiger partial charge on any atom is 0.175 e. The summed E-state index contributed by atoms with van der Waals surface area (Å²) >= 11 is 0. The molecule has 0 bridgehead atoms. The van der Waals surface area contributed by atoms with E-state index >= 15 is 0 Å². The van der Waals surface area contributed by atoms with E-state index in [9.17, 15) is 13.5 Å². The van der Waals surface area contributed by atoms with Crippen LogP contribution in [0.1, 0.15) is 11.1 Å². The lowest BCUT2D eigenvalue weighted by molar-refractivity contribution is 0.273. The summed E-state index contributed by atoms with van der Waals surface area (Å²) in [6, 6.07) is 12.5. The van der Waals surface area contributed by atoms with Gasteiger partial charge in [0.15, 0.2) is 9.84 Å². The number of nitrogens with zero attached hydrogens (tertiary/aromatic N) is 2. The Hall–Kier alpha value is -2.51. The summed E-state index contributed by atoms with van der Waals surface area (Å²) in [5, 5.41) is 13.6. The number of anilines is 1. The summed E-state index contributed by atoms with van der Waals surface area (Å²) in [6.45, 7) is 1.95. The highest BCUT2D eigenvalue weighted by Crippen LogP contribution is 2.24. The van der Waals surface area contributed by atoms with Gasteiger partial charge in [0.2, 0.25) is 0 Å². The fourth-order valence-corrected chi connectivity index (χ4v) is 3.49. The second kappa shape index (κ2) is 7.39. The molecule has 6 nitrogen and oxygen atoms in total. The van der Waals surface area contributed by atoms with Crippen LogP contribution in [0.5, 0.6) is 0 Å². The lowest BCUT2D eigenvalue weighted by atomic mass is 10.0. The molecule has 2 N–H and O–H groups in total. The number of hydrogen-bond donors (Lipinski definition) is 2. The third kappa shape index (κ3) is 4.00. The minimum absolute atomic E-state index is 0.0778. The molecule has 1 atom stereocenters. The molecule has 0 radical (unpaired) electrons. The Bertz CT molecular complexity index is 1040. The van der Waals surface area contributed by atoms with E-state index in [1.165, 1.54) is 18.6 Å². The van der Waals surface area contributed by atoms with E-state index in [2.05, 4.69) is 15.3 Å². The number of rotatable bonds is 6. The van der Waals surface area contributed by atoms with Crippen molar-refractivity contribution >= 4 is 26.6 Å². The Morgan fingerprint density at radius 3 is 2.62 bits per heavy atom. The van der Waals surface area contributed by atoms with Gasteiger partial charge in [-0.05, 0) is 42.7 Å². The summed E-state index contributed by atoms with van der Waals surface area (Å²) in [5.41, 5.74) is 2.93. The number of aryl methyl sites for hydroxylation is 1. The van der Waals surface area contributed by atoms with Crippen molar-refractivity contribution in [1.29, 1.82) is 0 Å². The van der Waals surface area contributed by atoms with Crippen molar-refractivity contribution in [3.8, 4) is 0 Å². The monoisotopic (exact) mass is 371 g/mol. The molecule has 136 valence electrons. The number of nitrogens with one attached hydrogen (secondary N) is 1. The number of sulfone groups is 1. The lowest BCUT2D eigenvalue weighted by Crippen LogP contribution is -2.27. The molecule has 3 rings (SSSR count). The van der Waals surface area contributed by atoms with Gasteiger partial charge in [0, 0.05) is 11.6 Å². The highest BCUT2D eigenvalue weighted by Gasteiger charge is 2.15. The van der Waals surface area contributed by atoms with Crippen LogP contribution in [0.4, 0.5) is 5.82 Å². The molecule has 0 spiro atoms. The molecule has 0 saturated carbocycles. The van der Waals surface area contributed by atoms with Crippen LogP contribution < -0.4 is 5.32 Å². The predicted octanol–water partition coefficient (Wildman–Crippen LogP) is 2.36. The van der Waals surface area contributed by atoms with E-state index < -0.39 is 9.84 Å². The van der Waals surface area contributed by atoms with E-state index in [4.69, 9.17) is 0 Å². The van der Waals surface area contributed by atoms with Crippen molar-refractivity contribution in [1.82, 2.24) is 9.97 Å². The van der Waals surface area contributed by atoms with E-state index in [0.717, 1.165) is 11.1 Å². The zero-order valence-corrected chi connectivity index (χ0v) is 15.5. The quantitative estimate of drug-likeness (QED) is 0.691. The zero-order chi connectivity index (χ0) is 18.7. The van der Waals surface area contributed by atoms with E-state index in [-0.39, 0.29) is 17.5 Å². The molecule has 0 aliphatic carbocycles.